The molecule has 0 spiro atoms. The number of pyridine rings is 2. The topological polar surface area (TPSA) is 108 Å². The molecule has 43 heavy (non-hydrogen) atoms. The van der Waals surface area contributed by atoms with Gasteiger partial charge in [0.1, 0.15) is 28.8 Å². The molecule has 8 heteroatoms. The van der Waals surface area contributed by atoms with Crippen molar-refractivity contribution in [1.29, 1.82) is 0 Å². The molecule has 8 nitrogen and oxygen atoms in total. The number of nitrogen functional groups attached to an aromatic ring is 1. The number of nitrogens with two attached hydrogens (primary N) is 1. The number of ether oxygens (including phenoxy) is 2. The lowest BCUT2D eigenvalue weighted by atomic mass is 10.0. The number of hydrogen-bond donors (Lipinski definition) is 2. The lowest BCUT2D eigenvalue weighted by Gasteiger charge is -2.08. The summed E-state index contributed by atoms with van der Waals surface area (Å²) < 4.78 is 11.1. The zero-order valence-electron chi connectivity index (χ0n) is 24.2. The van der Waals surface area contributed by atoms with E-state index in [9.17, 15) is 0 Å². The molecular formula is C35H34N6O2. The minimum atomic E-state index is 0.351. The molecule has 1 fully saturated rings. The second-order valence-electron chi connectivity index (χ2n) is 9.94. The van der Waals surface area contributed by atoms with Crippen LogP contribution in [-0.4, -0.2) is 27.0 Å². The Bertz CT molecular complexity index is 1670. The second-order valence-corrected chi connectivity index (χ2v) is 9.94. The molecule has 3 aromatic heterocycles. The molecule has 216 valence electrons. The van der Waals surface area contributed by atoms with Crippen molar-refractivity contribution in [2.24, 2.45) is 0 Å². The van der Waals surface area contributed by atoms with Crippen molar-refractivity contribution in [3.8, 4) is 40.3 Å². The van der Waals surface area contributed by atoms with Crippen molar-refractivity contribution in [2.45, 2.75) is 38.5 Å². The van der Waals surface area contributed by atoms with Crippen molar-refractivity contribution in [3.05, 3.63) is 109 Å². The maximum Gasteiger partial charge on any atom is 0.229 e. The van der Waals surface area contributed by atoms with Crippen LogP contribution in [0, 0.1) is 11.8 Å². The molecule has 0 amide bonds. The summed E-state index contributed by atoms with van der Waals surface area (Å²) in [6.45, 7) is 0. The number of anilines is 3. The van der Waals surface area contributed by atoms with Crippen LogP contribution < -0.4 is 20.5 Å². The highest BCUT2D eigenvalue weighted by Crippen LogP contribution is 2.26. The third kappa shape index (κ3) is 8.78. The maximum absolute atomic E-state index is 6.12. The highest BCUT2D eigenvalue weighted by molar-refractivity contribution is 5.71. The van der Waals surface area contributed by atoms with Gasteiger partial charge in [-0.15, -0.1) is 0 Å². The molecule has 0 radical (unpaired) electrons. The fourth-order valence-electron chi connectivity index (χ4n) is 4.48. The lowest BCUT2D eigenvalue weighted by Crippen LogP contribution is -2.02. The number of methoxy groups -OCH3 is 1. The minimum absolute atomic E-state index is 0.351. The quantitative estimate of drug-likeness (QED) is 0.199. The van der Waals surface area contributed by atoms with Gasteiger partial charge in [0.2, 0.25) is 5.95 Å². The summed E-state index contributed by atoms with van der Waals surface area (Å²) in [5.41, 5.74) is 9.77. The van der Waals surface area contributed by atoms with Crippen molar-refractivity contribution in [1.82, 2.24) is 19.9 Å². The van der Waals surface area contributed by atoms with Crippen molar-refractivity contribution in [3.63, 3.8) is 0 Å². The first-order valence-electron chi connectivity index (χ1n) is 14.4. The third-order valence-corrected chi connectivity index (χ3v) is 6.74. The predicted octanol–water partition coefficient (Wildman–Crippen LogP) is 7.80. The molecule has 6 rings (SSSR count). The second kappa shape index (κ2) is 15.0. The monoisotopic (exact) mass is 570 g/mol. The van der Waals surface area contributed by atoms with E-state index in [2.05, 4.69) is 37.1 Å². The number of benzene rings is 2. The van der Waals surface area contributed by atoms with Gasteiger partial charge in [0.15, 0.2) is 0 Å². The molecule has 1 saturated carbocycles. The molecule has 1 aliphatic rings. The molecule has 5 aromatic rings. The van der Waals surface area contributed by atoms with Crippen LogP contribution in [0.1, 0.15) is 49.8 Å². The predicted molar refractivity (Wildman–Crippen MR) is 170 cm³/mol. The van der Waals surface area contributed by atoms with Gasteiger partial charge in [0.25, 0.3) is 0 Å². The van der Waals surface area contributed by atoms with E-state index in [1.54, 1.807) is 37.8 Å². The smallest absolute Gasteiger partial charge is 0.229 e. The van der Waals surface area contributed by atoms with Crippen molar-refractivity contribution in [2.75, 3.05) is 18.2 Å². The van der Waals surface area contributed by atoms with Gasteiger partial charge in [-0.1, -0.05) is 56.6 Å². The first-order valence-corrected chi connectivity index (χ1v) is 14.4. The first kappa shape index (κ1) is 29.1. The Labute approximate surface area is 252 Å². The van der Waals surface area contributed by atoms with Gasteiger partial charge in [0, 0.05) is 42.0 Å². The van der Waals surface area contributed by atoms with Crippen LogP contribution in [0.3, 0.4) is 0 Å². The first-order chi connectivity index (χ1) is 21.2. The molecule has 1 aliphatic carbocycles. The molecule has 0 atom stereocenters. The van der Waals surface area contributed by atoms with Crippen molar-refractivity contribution >= 4 is 17.5 Å². The van der Waals surface area contributed by atoms with Gasteiger partial charge in [-0.3, -0.25) is 4.98 Å². The average Bonchev–Trinajstić information content (AvgIpc) is 3.06. The van der Waals surface area contributed by atoms with Gasteiger partial charge in [0.05, 0.1) is 18.4 Å². The van der Waals surface area contributed by atoms with Gasteiger partial charge in [-0.25, -0.2) is 9.97 Å². The van der Waals surface area contributed by atoms with Gasteiger partial charge in [-0.05, 0) is 60.5 Å². The molecule has 0 unspecified atom stereocenters. The maximum atomic E-state index is 6.12. The molecule has 3 N–H and O–H groups in total. The molecule has 0 saturated heterocycles. The summed E-state index contributed by atoms with van der Waals surface area (Å²) in [4.78, 5) is 17.3. The Balaban J connectivity index is 0.000000548. The zero-order valence-corrected chi connectivity index (χ0v) is 24.2. The Kier molecular flexibility index (Phi) is 10.1. The molecule has 0 aliphatic heterocycles. The summed E-state index contributed by atoms with van der Waals surface area (Å²) in [6.07, 6.45) is 14.0. The van der Waals surface area contributed by atoms with Gasteiger partial charge >= 0.3 is 0 Å². The van der Waals surface area contributed by atoms with E-state index in [0.717, 1.165) is 22.7 Å². The Morgan fingerprint density at radius 1 is 0.721 bits per heavy atom. The summed E-state index contributed by atoms with van der Waals surface area (Å²) in [6, 6.07) is 24.2. The van der Waals surface area contributed by atoms with Gasteiger partial charge < -0.3 is 20.5 Å². The highest BCUT2D eigenvalue weighted by atomic mass is 16.5. The number of hydrogen-bond acceptors (Lipinski definition) is 8. The summed E-state index contributed by atoms with van der Waals surface area (Å²) in [5, 5.41) is 3.15. The normalized spacial score (nSPS) is 12.1. The van der Waals surface area contributed by atoms with E-state index in [1.807, 2.05) is 66.7 Å². The zero-order chi connectivity index (χ0) is 29.7. The van der Waals surface area contributed by atoms with Crippen LogP contribution >= 0.6 is 0 Å². The number of nitrogens with zero attached hydrogens (tertiary/aromatic N) is 4. The Hall–Kier alpha value is -5.42. The summed E-state index contributed by atoms with van der Waals surface area (Å²) in [7, 11) is 1.62. The van der Waals surface area contributed by atoms with Crippen LogP contribution in [0.25, 0.3) is 11.3 Å². The SMILES string of the molecule is C1CCCCC1.COc1cccc(Oc2ccnc(C#Cc3ccc(Nc4ncc(-c5ccccn5)c(N)n4)cc3)c2)c1. The van der Waals surface area contributed by atoms with E-state index in [4.69, 9.17) is 15.2 Å². The highest BCUT2D eigenvalue weighted by Gasteiger charge is 2.08. The van der Waals surface area contributed by atoms with E-state index in [1.165, 1.54) is 38.5 Å². The van der Waals surface area contributed by atoms with Crippen LogP contribution in [-0.2, 0) is 0 Å². The molecule has 3 heterocycles. The molecular weight excluding hydrogens is 536 g/mol. The van der Waals surface area contributed by atoms with Crippen LogP contribution in [0.5, 0.6) is 17.2 Å². The summed E-state index contributed by atoms with van der Waals surface area (Å²) >= 11 is 0. The fraction of sp³-hybridized carbons (Fsp3) is 0.200. The Morgan fingerprint density at radius 2 is 1.47 bits per heavy atom. The standard InChI is InChI=1S/C29H22N6O2.C6H12/c1-36-23-5-4-6-24(18-23)37-25-14-16-31-22(17-25)13-10-20-8-11-21(12-9-20)34-29-33-19-26(28(30)35-29)27-7-2-3-15-32-27;1-2-4-6-5-3-1/h2-9,11-12,14-19H,1H3,(H3,30,33,34,35);1-6H2. The van der Waals surface area contributed by atoms with E-state index in [-0.39, 0.29) is 0 Å². The largest absolute Gasteiger partial charge is 0.497 e. The number of rotatable bonds is 6. The minimum Gasteiger partial charge on any atom is -0.497 e. The van der Waals surface area contributed by atoms with E-state index < -0.39 is 0 Å². The van der Waals surface area contributed by atoms with E-state index >= 15 is 0 Å². The fourth-order valence-corrected chi connectivity index (χ4v) is 4.48. The average molecular weight is 571 g/mol. The van der Waals surface area contributed by atoms with Gasteiger partial charge in [-0.2, -0.15) is 4.98 Å². The lowest BCUT2D eigenvalue weighted by molar-refractivity contribution is 0.409. The van der Waals surface area contributed by atoms with Crippen LogP contribution in [0.2, 0.25) is 0 Å². The van der Waals surface area contributed by atoms with Crippen LogP contribution in [0.15, 0.2) is 97.5 Å². The molecule has 0 bridgehead atoms. The Morgan fingerprint density at radius 3 is 2.16 bits per heavy atom. The number of aromatic nitrogens is 4. The summed E-state index contributed by atoms with van der Waals surface area (Å²) in [5.74, 6) is 8.98. The molecule has 2 aromatic carbocycles. The number of nitrogens with one attached hydrogen (secondary N) is 1. The van der Waals surface area contributed by atoms with Crippen LogP contribution in [0.4, 0.5) is 17.5 Å². The van der Waals surface area contributed by atoms with Crippen molar-refractivity contribution < 1.29 is 9.47 Å². The van der Waals surface area contributed by atoms with E-state index in [0.29, 0.717) is 34.5 Å². The third-order valence-electron chi connectivity index (χ3n) is 6.74.